The number of fused-ring (bicyclic) bond motifs is 1. The van der Waals surface area contributed by atoms with Gasteiger partial charge in [-0.15, -0.1) is 0 Å². The normalized spacial score (nSPS) is 33.6. The second kappa shape index (κ2) is 15.9. The zero-order chi connectivity index (χ0) is 25.8. The van der Waals surface area contributed by atoms with Crippen molar-refractivity contribution >= 4 is 0 Å². The largest absolute Gasteiger partial charge is 0.0845 e. The van der Waals surface area contributed by atoms with Gasteiger partial charge in [0.2, 0.25) is 0 Å². The highest BCUT2D eigenvalue weighted by molar-refractivity contribution is 5.23. The molecule has 3 aliphatic carbocycles. The molecule has 0 aliphatic heterocycles. The van der Waals surface area contributed by atoms with Gasteiger partial charge in [0.15, 0.2) is 0 Å². The van der Waals surface area contributed by atoms with Crippen molar-refractivity contribution < 1.29 is 0 Å². The lowest BCUT2D eigenvalue weighted by Crippen LogP contribution is -2.43. The Morgan fingerprint density at radius 2 is 1.57 bits per heavy atom. The zero-order valence-electron chi connectivity index (χ0n) is 25.6. The number of unbranched alkanes of at least 4 members (excludes halogenated alkanes) is 2. The van der Waals surface area contributed by atoms with Crippen molar-refractivity contribution in [3.05, 3.63) is 11.6 Å². The molecule has 2 fully saturated rings. The van der Waals surface area contributed by atoms with Gasteiger partial charge in [-0.05, 0) is 91.8 Å². The molecule has 206 valence electrons. The van der Waals surface area contributed by atoms with Crippen LogP contribution in [0.1, 0.15) is 165 Å². The molecule has 0 spiro atoms. The maximum atomic E-state index is 2.80. The van der Waals surface area contributed by atoms with E-state index in [2.05, 4.69) is 47.6 Å². The van der Waals surface area contributed by atoms with E-state index >= 15 is 0 Å². The molecule has 0 bridgehead atoms. The van der Waals surface area contributed by atoms with E-state index < -0.39 is 0 Å². The molecule has 0 N–H and O–H groups in total. The highest BCUT2D eigenvalue weighted by Crippen LogP contribution is 2.59. The van der Waals surface area contributed by atoms with Gasteiger partial charge in [0, 0.05) is 0 Å². The zero-order valence-corrected chi connectivity index (χ0v) is 25.6. The van der Waals surface area contributed by atoms with Crippen LogP contribution in [0.4, 0.5) is 0 Å². The van der Waals surface area contributed by atoms with Crippen molar-refractivity contribution in [2.75, 3.05) is 0 Å². The summed E-state index contributed by atoms with van der Waals surface area (Å²) in [5.41, 5.74) is 2.44. The molecule has 0 aromatic heterocycles. The third-order valence-corrected chi connectivity index (χ3v) is 11.0. The second-order valence-corrected chi connectivity index (χ2v) is 13.3. The molecule has 3 aliphatic rings. The van der Waals surface area contributed by atoms with Crippen molar-refractivity contribution in [1.29, 1.82) is 0 Å². The maximum absolute atomic E-state index is 2.80. The molecule has 7 atom stereocenters. The molecule has 0 nitrogen and oxygen atoms in total. The van der Waals surface area contributed by atoms with Gasteiger partial charge >= 0.3 is 0 Å². The third kappa shape index (κ3) is 8.37. The van der Waals surface area contributed by atoms with Gasteiger partial charge in [0.1, 0.15) is 0 Å². The highest BCUT2D eigenvalue weighted by atomic mass is 14.5. The number of hydrogen-bond donors (Lipinski definition) is 0. The molecule has 7 unspecified atom stereocenters. The van der Waals surface area contributed by atoms with Crippen LogP contribution < -0.4 is 0 Å². The van der Waals surface area contributed by atoms with E-state index in [1.165, 1.54) is 103 Å². The average molecular weight is 487 g/mol. The summed E-state index contributed by atoms with van der Waals surface area (Å²) in [6.45, 7) is 18.7. The van der Waals surface area contributed by atoms with E-state index in [0.717, 1.165) is 41.4 Å². The van der Waals surface area contributed by atoms with Crippen molar-refractivity contribution in [3.8, 4) is 0 Å². The molecule has 0 heteroatoms. The summed E-state index contributed by atoms with van der Waals surface area (Å²) in [5, 5.41) is 0. The van der Waals surface area contributed by atoms with Gasteiger partial charge in [0.25, 0.3) is 0 Å². The van der Waals surface area contributed by atoms with Crippen molar-refractivity contribution in [2.24, 2.45) is 46.8 Å². The van der Waals surface area contributed by atoms with Gasteiger partial charge in [-0.3, -0.25) is 0 Å². The molecular weight excluding hydrogens is 420 g/mol. The molecule has 0 radical (unpaired) electrons. The first kappa shape index (κ1) is 31.0. The first-order valence-electron chi connectivity index (χ1n) is 16.6. The quantitative estimate of drug-likeness (QED) is 0.227. The molecular formula is C35H66. The average Bonchev–Trinajstić information content (AvgIpc) is 3.33. The smallest absolute Gasteiger partial charge is 0.00851 e. The number of hydrogen-bond acceptors (Lipinski definition) is 0. The first-order valence-corrected chi connectivity index (χ1v) is 16.6. The Kier molecular flexibility index (Phi) is 14.0. The van der Waals surface area contributed by atoms with Gasteiger partial charge in [-0.25, -0.2) is 0 Å². The van der Waals surface area contributed by atoms with Gasteiger partial charge < -0.3 is 0 Å². The van der Waals surface area contributed by atoms with Crippen LogP contribution in [0.3, 0.4) is 0 Å². The van der Waals surface area contributed by atoms with Crippen LogP contribution in [0, 0.1) is 46.8 Å². The first-order chi connectivity index (χ1) is 16.9. The van der Waals surface area contributed by atoms with Crippen LogP contribution in [0.15, 0.2) is 11.6 Å². The van der Waals surface area contributed by atoms with E-state index in [1.54, 1.807) is 6.42 Å². The Balaban J connectivity index is 0.00000210. The molecule has 0 aromatic carbocycles. The molecule has 35 heavy (non-hydrogen) atoms. The Labute approximate surface area is 222 Å². The minimum absolute atomic E-state index is 0.532. The molecule has 0 amide bonds. The number of rotatable bonds is 13. The summed E-state index contributed by atoms with van der Waals surface area (Å²) < 4.78 is 0. The Morgan fingerprint density at radius 1 is 0.886 bits per heavy atom. The minimum atomic E-state index is 0.532. The maximum Gasteiger partial charge on any atom is -0.00851 e. The fourth-order valence-corrected chi connectivity index (χ4v) is 8.62. The third-order valence-electron chi connectivity index (χ3n) is 11.0. The Morgan fingerprint density at radius 3 is 2.23 bits per heavy atom. The standard InChI is InChI=1S/C33H60.C2H6/c1-7-10-13-27-21-22-33(6)30(24-27)19-20-31(32(33)16-11-8-2)29-18-17-26(23-29)14-12-15-28(9-3)25(4)5;1-2/h19,25-29,31-32H,7-18,20-24H2,1-6H3;1-2H3. The van der Waals surface area contributed by atoms with E-state index in [9.17, 15) is 0 Å². The summed E-state index contributed by atoms with van der Waals surface area (Å²) in [6, 6.07) is 0. The summed E-state index contributed by atoms with van der Waals surface area (Å²) in [5.74, 6) is 6.83. The summed E-state index contributed by atoms with van der Waals surface area (Å²) >= 11 is 0. The van der Waals surface area contributed by atoms with E-state index in [4.69, 9.17) is 0 Å². The minimum Gasteiger partial charge on any atom is -0.0845 e. The topological polar surface area (TPSA) is 0 Å². The molecule has 3 rings (SSSR count). The van der Waals surface area contributed by atoms with Crippen LogP contribution in [0.5, 0.6) is 0 Å². The summed E-state index contributed by atoms with van der Waals surface area (Å²) in [7, 11) is 0. The van der Waals surface area contributed by atoms with Gasteiger partial charge in [-0.1, -0.05) is 131 Å². The predicted molar refractivity (Wildman–Crippen MR) is 159 cm³/mol. The van der Waals surface area contributed by atoms with Crippen LogP contribution in [-0.4, -0.2) is 0 Å². The summed E-state index contributed by atoms with van der Waals surface area (Å²) in [4.78, 5) is 0. The fourth-order valence-electron chi connectivity index (χ4n) is 8.62. The summed E-state index contributed by atoms with van der Waals surface area (Å²) in [6.07, 6.45) is 27.7. The molecule has 0 saturated heterocycles. The van der Waals surface area contributed by atoms with Crippen LogP contribution in [0.2, 0.25) is 0 Å². The molecule has 0 heterocycles. The van der Waals surface area contributed by atoms with Crippen molar-refractivity contribution in [3.63, 3.8) is 0 Å². The predicted octanol–water partition coefficient (Wildman–Crippen LogP) is 12.0. The lowest BCUT2D eigenvalue weighted by molar-refractivity contribution is 0.0520. The Hall–Kier alpha value is -0.260. The SMILES string of the molecule is CC.CCCCC1CCC2(C)C(=CCC(C3CCC(CCCC(CC)C(C)C)C3)C2CCCC)C1. The number of allylic oxidation sites excluding steroid dienone is 2. The lowest BCUT2D eigenvalue weighted by Gasteiger charge is -2.52. The van der Waals surface area contributed by atoms with Crippen molar-refractivity contribution in [1.82, 2.24) is 0 Å². The van der Waals surface area contributed by atoms with Crippen LogP contribution in [0.25, 0.3) is 0 Å². The van der Waals surface area contributed by atoms with E-state index in [-0.39, 0.29) is 0 Å². The van der Waals surface area contributed by atoms with Crippen molar-refractivity contribution in [2.45, 2.75) is 165 Å². The second-order valence-electron chi connectivity index (χ2n) is 13.3. The molecule has 2 saturated carbocycles. The van der Waals surface area contributed by atoms with Crippen LogP contribution >= 0.6 is 0 Å². The Bertz CT molecular complexity index is 585. The monoisotopic (exact) mass is 487 g/mol. The van der Waals surface area contributed by atoms with E-state index in [1.807, 2.05) is 19.4 Å². The molecule has 0 aromatic rings. The van der Waals surface area contributed by atoms with E-state index in [0.29, 0.717) is 5.41 Å². The lowest BCUT2D eigenvalue weighted by atomic mass is 9.52. The van der Waals surface area contributed by atoms with Gasteiger partial charge in [-0.2, -0.15) is 0 Å². The van der Waals surface area contributed by atoms with Gasteiger partial charge in [0.05, 0.1) is 0 Å². The highest BCUT2D eigenvalue weighted by Gasteiger charge is 2.48. The fraction of sp³-hybridized carbons (Fsp3) is 0.943. The van der Waals surface area contributed by atoms with Crippen LogP contribution in [-0.2, 0) is 0 Å².